The van der Waals surface area contributed by atoms with Gasteiger partial charge in [0.05, 0.1) is 0 Å². The molecule has 72 valence electrons. The molecule has 0 aliphatic carbocycles. The van der Waals surface area contributed by atoms with Gasteiger partial charge in [0.15, 0.2) is 0 Å². The summed E-state index contributed by atoms with van der Waals surface area (Å²) in [7, 11) is 0. The predicted molar refractivity (Wildman–Crippen MR) is 55.3 cm³/mol. The standard InChI is InChI=1S/C10H14ClNO/c1-6-7(2)10(13)8(3-4-12)5-9(6)11/h5,13H,3-4,12H2,1-2H3. The summed E-state index contributed by atoms with van der Waals surface area (Å²) in [4.78, 5) is 0. The molecule has 13 heavy (non-hydrogen) atoms. The molecule has 0 radical (unpaired) electrons. The maximum Gasteiger partial charge on any atom is 0.122 e. The van der Waals surface area contributed by atoms with Crippen molar-refractivity contribution < 1.29 is 5.11 Å². The van der Waals surface area contributed by atoms with E-state index in [1.807, 2.05) is 13.8 Å². The fourth-order valence-corrected chi connectivity index (χ4v) is 1.55. The van der Waals surface area contributed by atoms with Crippen LogP contribution >= 0.6 is 11.6 Å². The van der Waals surface area contributed by atoms with E-state index in [2.05, 4.69) is 0 Å². The second-order valence-electron chi connectivity index (χ2n) is 3.15. The minimum absolute atomic E-state index is 0.326. The third-order valence-electron chi connectivity index (χ3n) is 2.29. The van der Waals surface area contributed by atoms with E-state index in [4.69, 9.17) is 17.3 Å². The molecule has 0 aliphatic rings. The van der Waals surface area contributed by atoms with Crippen molar-refractivity contribution in [3.8, 4) is 5.75 Å². The van der Waals surface area contributed by atoms with Gasteiger partial charge in [-0.2, -0.15) is 0 Å². The molecule has 3 N–H and O–H groups in total. The smallest absolute Gasteiger partial charge is 0.122 e. The number of aromatic hydroxyl groups is 1. The molecule has 2 nitrogen and oxygen atoms in total. The highest BCUT2D eigenvalue weighted by molar-refractivity contribution is 6.31. The molecule has 0 saturated carbocycles. The van der Waals surface area contributed by atoms with E-state index < -0.39 is 0 Å². The molecule has 0 aromatic heterocycles. The van der Waals surface area contributed by atoms with E-state index in [-0.39, 0.29) is 0 Å². The first kappa shape index (κ1) is 10.4. The zero-order valence-corrected chi connectivity index (χ0v) is 8.65. The number of phenols is 1. The van der Waals surface area contributed by atoms with Crippen molar-refractivity contribution in [2.24, 2.45) is 5.73 Å². The summed E-state index contributed by atoms with van der Waals surface area (Å²) in [5.74, 6) is 0.326. The fraction of sp³-hybridized carbons (Fsp3) is 0.400. The lowest BCUT2D eigenvalue weighted by Gasteiger charge is -2.10. The quantitative estimate of drug-likeness (QED) is 0.767. The van der Waals surface area contributed by atoms with Gasteiger partial charge >= 0.3 is 0 Å². The van der Waals surface area contributed by atoms with E-state index in [9.17, 15) is 5.11 Å². The number of nitrogens with two attached hydrogens (primary N) is 1. The SMILES string of the molecule is Cc1c(Cl)cc(CCN)c(O)c1C. The zero-order valence-electron chi connectivity index (χ0n) is 7.89. The van der Waals surface area contributed by atoms with Crippen molar-refractivity contribution in [2.75, 3.05) is 6.54 Å². The molecule has 1 rings (SSSR count). The van der Waals surface area contributed by atoms with Gasteiger partial charge in [0.2, 0.25) is 0 Å². The van der Waals surface area contributed by atoms with Gasteiger partial charge < -0.3 is 10.8 Å². The molecule has 1 aromatic rings. The minimum Gasteiger partial charge on any atom is -0.507 e. The van der Waals surface area contributed by atoms with Gasteiger partial charge in [-0.1, -0.05) is 11.6 Å². The maximum absolute atomic E-state index is 9.72. The third-order valence-corrected chi connectivity index (χ3v) is 2.69. The summed E-state index contributed by atoms with van der Waals surface area (Å²) in [5, 5.41) is 10.4. The summed E-state index contributed by atoms with van der Waals surface area (Å²) in [6.45, 7) is 4.27. The van der Waals surface area contributed by atoms with Crippen LogP contribution in [0.4, 0.5) is 0 Å². The van der Waals surface area contributed by atoms with Crippen LogP contribution in [0.5, 0.6) is 5.75 Å². The van der Waals surface area contributed by atoms with Gasteiger partial charge in [-0.15, -0.1) is 0 Å². The first-order chi connectivity index (χ1) is 6.07. The van der Waals surface area contributed by atoms with Gasteiger partial charge in [0.25, 0.3) is 0 Å². The largest absolute Gasteiger partial charge is 0.507 e. The zero-order chi connectivity index (χ0) is 10.0. The van der Waals surface area contributed by atoms with E-state index in [1.165, 1.54) is 0 Å². The number of hydrogen-bond donors (Lipinski definition) is 2. The summed E-state index contributed by atoms with van der Waals surface area (Å²) in [6, 6.07) is 1.78. The van der Waals surface area contributed by atoms with Gasteiger partial charge in [-0.05, 0) is 49.6 Å². The lowest BCUT2D eigenvalue weighted by molar-refractivity contribution is 0.463. The summed E-state index contributed by atoms with van der Waals surface area (Å²) in [6.07, 6.45) is 0.659. The Labute approximate surface area is 83.3 Å². The molecule has 0 aliphatic heterocycles. The fourth-order valence-electron chi connectivity index (χ4n) is 1.27. The number of benzene rings is 1. The number of halogens is 1. The lowest BCUT2D eigenvalue weighted by Crippen LogP contribution is -2.03. The number of rotatable bonds is 2. The molecule has 3 heteroatoms. The van der Waals surface area contributed by atoms with Crippen LogP contribution in [0.3, 0.4) is 0 Å². The minimum atomic E-state index is 0.326. The van der Waals surface area contributed by atoms with Crippen molar-refractivity contribution in [1.82, 2.24) is 0 Å². The summed E-state index contributed by atoms with van der Waals surface area (Å²) < 4.78 is 0. The topological polar surface area (TPSA) is 46.2 Å². The van der Waals surface area contributed by atoms with Crippen LogP contribution in [0.25, 0.3) is 0 Å². The second-order valence-corrected chi connectivity index (χ2v) is 3.56. The molecule has 0 bridgehead atoms. The Balaban J connectivity index is 3.24. The molecule has 0 amide bonds. The molecule has 0 heterocycles. The van der Waals surface area contributed by atoms with Gasteiger partial charge in [0, 0.05) is 5.02 Å². The first-order valence-corrected chi connectivity index (χ1v) is 4.63. The van der Waals surface area contributed by atoms with Crippen LogP contribution in [-0.4, -0.2) is 11.7 Å². The van der Waals surface area contributed by atoms with E-state index in [0.29, 0.717) is 23.7 Å². The highest BCUT2D eigenvalue weighted by Crippen LogP contribution is 2.30. The van der Waals surface area contributed by atoms with Crippen molar-refractivity contribution >= 4 is 11.6 Å². The molecule has 0 spiro atoms. The number of phenolic OH excluding ortho intramolecular Hbond substituents is 1. The van der Waals surface area contributed by atoms with Crippen LogP contribution in [-0.2, 0) is 6.42 Å². The molecule has 0 atom stereocenters. The Morgan fingerprint density at radius 2 is 2.00 bits per heavy atom. The van der Waals surface area contributed by atoms with Crippen LogP contribution in [0.15, 0.2) is 6.07 Å². The van der Waals surface area contributed by atoms with E-state index in [0.717, 1.165) is 16.7 Å². The van der Waals surface area contributed by atoms with Crippen molar-refractivity contribution in [3.05, 3.63) is 27.8 Å². The Morgan fingerprint density at radius 1 is 1.38 bits per heavy atom. The highest BCUT2D eigenvalue weighted by Gasteiger charge is 2.09. The van der Waals surface area contributed by atoms with Gasteiger partial charge in [-0.3, -0.25) is 0 Å². The second kappa shape index (κ2) is 3.99. The first-order valence-electron chi connectivity index (χ1n) is 4.25. The predicted octanol–water partition coefficient (Wildman–Crippen LogP) is 2.16. The molecular formula is C10H14ClNO. The highest BCUT2D eigenvalue weighted by atomic mass is 35.5. The molecule has 0 fully saturated rings. The van der Waals surface area contributed by atoms with Crippen molar-refractivity contribution in [2.45, 2.75) is 20.3 Å². The Bertz CT molecular complexity index is 323. The number of hydrogen-bond acceptors (Lipinski definition) is 2. The molecule has 0 unspecified atom stereocenters. The van der Waals surface area contributed by atoms with Crippen LogP contribution in [0.1, 0.15) is 16.7 Å². The summed E-state index contributed by atoms with van der Waals surface area (Å²) in [5.41, 5.74) is 8.02. The van der Waals surface area contributed by atoms with E-state index in [1.54, 1.807) is 6.07 Å². The summed E-state index contributed by atoms with van der Waals surface area (Å²) >= 11 is 5.97. The van der Waals surface area contributed by atoms with Crippen molar-refractivity contribution in [1.29, 1.82) is 0 Å². The van der Waals surface area contributed by atoms with Crippen LogP contribution in [0, 0.1) is 13.8 Å². The molecular weight excluding hydrogens is 186 g/mol. The van der Waals surface area contributed by atoms with Crippen molar-refractivity contribution in [3.63, 3.8) is 0 Å². The van der Waals surface area contributed by atoms with Gasteiger partial charge in [-0.25, -0.2) is 0 Å². The molecule has 0 saturated heterocycles. The van der Waals surface area contributed by atoms with E-state index >= 15 is 0 Å². The normalized spacial score (nSPS) is 10.5. The van der Waals surface area contributed by atoms with Crippen LogP contribution in [0.2, 0.25) is 5.02 Å². The average Bonchev–Trinajstić information content (AvgIpc) is 2.11. The Kier molecular flexibility index (Phi) is 3.17. The lowest BCUT2D eigenvalue weighted by atomic mass is 10.0. The Morgan fingerprint density at radius 3 is 2.54 bits per heavy atom. The Hall–Kier alpha value is -0.730. The van der Waals surface area contributed by atoms with Crippen LogP contribution < -0.4 is 5.73 Å². The van der Waals surface area contributed by atoms with Gasteiger partial charge in [0.1, 0.15) is 5.75 Å². The maximum atomic E-state index is 9.72. The third kappa shape index (κ3) is 1.95. The molecule has 1 aromatic carbocycles. The average molecular weight is 200 g/mol. The monoisotopic (exact) mass is 199 g/mol.